The Balaban J connectivity index is 1.71. The van der Waals surface area contributed by atoms with E-state index < -0.39 is 5.56 Å². The Labute approximate surface area is 184 Å². The van der Waals surface area contributed by atoms with E-state index in [0.29, 0.717) is 22.6 Å². The lowest BCUT2D eigenvalue weighted by Gasteiger charge is -2.12. The van der Waals surface area contributed by atoms with Crippen molar-refractivity contribution in [3.05, 3.63) is 69.9 Å². The van der Waals surface area contributed by atoms with Gasteiger partial charge in [-0.3, -0.25) is 9.59 Å². The van der Waals surface area contributed by atoms with Gasteiger partial charge in [0.05, 0.1) is 7.11 Å². The number of aryl methyl sites for hydroxylation is 1. The molecule has 8 nitrogen and oxygen atoms in total. The number of benzene rings is 2. The average Bonchev–Trinajstić information content (AvgIpc) is 2.76. The molecule has 0 atom stereocenters. The van der Waals surface area contributed by atoms with Crippen molar-refractivity contribution in [2.24, 2.45) is 0 Å². The van der Waals surface area contributed by atoms with Crippen LogP contribution in [0.3, 0.4) is 0 Å². The van der Waals surface area contributed by atoms with Crippen LogP contribution in [0.5, 0.6) is 11.5 Å². The molecule has 1 heterocycles. The van der Waals surface area contributed by atoms with Crippen molar-refractivity contribution in [3.63, 3.8) is 0 Å². The van der Waals surface area contributed by atoms with Gasteiger partial charge in [-0.25, -0.2) is 4.39 Å². The van der Waals surface area contributed by atoms with Crippen LogP contribution in [-0.2, 0) is 17.8 Å². The number of aromatic nitrogens is 3. The van der Waals surface area contributed by atoms with Crippen molar-refractivity contribution in [3.8, 4) is 22.9 Å². The third kappa shape index (κ3) is 6.13. The standard InChI is InChI=1S/C23H25FN4O4/c1-14(2)25-21(29)10-8-18-23(30)26-22(28-27-18)16-7-9-19(20(12-16)31-3)32-13-15-5-4-6-17(24)11-15/h4-7,9,11-12,14H,8,10,13H2,1-3H3,(H,25,29)(H,26,28,30). The molecule has 2 aromatic carbocycles. The first kappa shape index (κ1) is 22.9. The Morgan fingerprint density at radius 3 is 2.66 bits per heavy atom. The second-order valence-corrected chi connectivity index (χ2v) is 7.46. The van der Waals surface area contributed by atoms with E-state index in [0.717, 1.165) is 0 Å². The summed E-state index contributed by atoms with van der Waals surface area (Å²) in [5, 5.41) is 10.8. The molecule has 3 aromatic rings. The van der Waals surface area contributed by atoms with Crippen LogP contribution in [0.25, 0.3) is 11.4 Å². The van der Waals surface area contributed by atoms with Gasteiger partial charge in [0.25, 0.3) is 5.56 Å². The van der Waals surface area contributed by atoms with Crippen LogP contribution < -0.4 is 20.3 Å². The summed E-state index contributed by atoms with van der Waals surface area (Å²) in [7, 11) is 1.49. The van der Waals surface area contributed by atoms with Gasteiger partial charge >= 0.3 is 0 Å². The summed E-state index contributed by atoms with van der Waals surface area (Å²) in [4.78, 5) is 26.8. The molecule has 3 rings (SSSR count). The maximum absolute atomic E-state index is 13.3. The molecule has 0 aliphatic rings. The first-order valence-corrected chi connectivity index (χ1v) is 10.2. The Bertz CT molecular complexity index is 1150. The molecule has 0 radical (unpaired) electrons. The molecule has 0 fully saturated rings. The predicted octanol–water partition coefficient (Wildman–Crippen LogP) is 3.02. The molecule has 2 N–H and O–H groups in total. The Kier molecular flexibility index (Phi) is 7.54. The Morgan fingerprint density at radius 1 is 1.16 bits per heavy atom. The molecule has 1 amide bonds. The van der Waals surface area contributed by atoms with Gasteiger partial charge in [0.2, 0.25) is 5.91 Å². The molecule has 32 heavy (non-hydrogen) atoms. The fraction of sp³-hybridized carbons (Fsp3) is 0.304. The number of H-pyrrole nitrogens is 1. The number of ether oxygens (including phenoxy) is 2. The first-order chi connectivity index (χ1) is 15.4. The number of halogens is 1. The number of aromatic amines is 1. The summed E-state index contributed by atoms with van der Waals surface area (Å²) in [5.41, 5.74) is 1.05. The lowest BCUT2D eigenvalue weighted by Crippen LogP contribution is -2.31. The summed E-state index contributed by atoms with van der Waals surface area (Å²) in [6, 6.07) is 11.2. The topological polar surface area (TPSA) is 106 Å². The van der Waals surface area contributed by atoms with Gasteiger partial charge in [0, 0.05) is 24.4 Å². The molecule has 0 saturated carbocycles. The normalized spacial score (nSPS) is 10.8. The number of hydrogen-bond donors (Lipinski definition) is 2. The summed E-state index contributed by atoms with van der Waals surface area (Å²) in [6.07, 6.45) is 0.345. The molecule has 168 valence electrons. The van der Waals surface area contributed by atoms with Crippen LogP contribution in [0.15, 0.2) is 47.3 Å². The molecule has 0 unspecified atom stereocenters. The van der Waals surface area contributed by atoms with Crippen molar-refractivity contribution in [1.82, 2.24) is 20.5 Å². The van der Waals surface area contributed by atoms with E-state index in [4.69, 9.17) is 9.47 Å². The Morgan fingerprint density at radius 2 is 1.97 bits per heavy atom. The van der Waals surface area contributed by atoms with Crippen molar-refractivity contribution >= 4 is 5.91 Å². The third-order valence-corrected chi connectivity index (χ3v) is 4.52. The molecule has 0 bridgehead atoms. The number of methoxy groups -OCH3 is 1. The molecule has 1 aromatic heterocycles. The molecule has 9 heteroatoms. The SMILES string of the molecule is COc1cc(-c2nnc(CCC(=O)NC(C)C)c(=O)[nH]2)ccc1OCc1cccc(F)c1. The molecular weight excluding hydrogens is 415 g/mol. The number of nitrogens with zero attached hydrogens (tertiary/aromatic N) is 2. The van der Waals surface area contributed by atoms with E-state index in [1.54, 1.807) is 30.3 Å². The highest BCUT2D eigenvalue weighted by Gasteiger charge is 2.13. The quantitative estimate of drug-likeness (QED) is 0.530. The average molecular weight is 440 g/mol. The van der Waals surface area contributed by atoms with Gasteiger partial charge in [-0.2, -0.15) is 0 Å². The lowest BCUT2D eigenvalue weighted by molar-refractivity contribution is -0.121. The maximum atomic E-state index is 13.3. The summed E-state index contributed by atoms with van der Waals surface area (Å²) in [5.74, 6) is 0.670. The van der Waals surface area contributed by atoms with E-state index >= 15 is 0 Å². The molecule has 0 aliphatic heterocycles. The van der Waals surface area contributed by atoms with E-state index in [-0.39, 0.29) is 48.7 Å². The molecule has 0 saturated heterocycles. The van der Waals surface area contributed by atoms with Crippen LogP contribution in [0, 0.1) is 5.82 Å². The third-order valence-electron chi connectivity index (χ3n) is 4.52. The maximum Gasteiger partial charge on any atom is 0.273 e. The number of amides is 1. The van der Waals surface area contributed by atoms with Crippen LogP contribution in [0.1, 0.15) is 31.5 Å². The van der Waals surface area contributed by atoms with Gasteiger partial charge in [0.1, 0.15) is 18.1 Å². The molecule has 0 spiro atoms. The van der Waals surface area contributed by atoms with Crippen LogP contribution >= 0.6 is 0 Å². The number of carbonyl (C=O) groups excluding carboxylic acids is 1. The zero-order valence-corrected chi connectivity index (χ0v) is 18.1. The number of carbonyl (C=O) groups is 1. The monoisotopic (exact) mass is 440 g/mol. The highest BCUT2D eigenvalue weighted by Crippen LogP contribution is 2.31. The fourth-order valence-corrected chi connectivity index (χ4v) is 3.00. The lowest BCUT2D eigenvalue weighted by atomic mass is 10.2. The van der Waals surface area contributed by atoms with Crippen LogP contribution in [0.2, 0.25) is 0 Å². The van der Waals surface area contributed by atoms with E-state index in [1.807, 2.05) is 13.8 Å². The summed E-state index contributed by atoms with van der Waals surface area (Å²) >= 11 is 0. The van der Waals surface area contributed by atoms with Gasteiger partial charge < -0.3 is 19.8 Å². The van der Waals surface area contributed by atoms with Crippen molar-refractivity contribution in [2.75, 3.05) is 7.11 Å². The Hall–Kier alpha value is -3.75. The van der Waals surface area contributed by atoms with E-state index in [2.05, 4.69) is 20.5 Å². The minimum absolute atomic E-state index is 0.0324. The number of hydrogen-bond acceptors (Lipinski definition) is 6. The zero-order valence-electron chi connectivity index (χ0n) is 18.1. The smallest absolute Gasteiger partial charge is 0.273 e. The van der Waals surface area contributed by atoms with Gasteiger partial charge in [-0.05, 0) is 49.7 Å². The zero-order chi connectivity index (χ0) is 23.1. The highest BCUT2D eigenvalue weighted by molar-refractivity contribution is 5.76. The van der Waals surface area contributed by atoms with Crippen LogP contribution in [0.4, 0.5) is 4.39 Å². The predicted molar refractivity (Wildman–Crippen MR) is 117 cm³/mol. The van der Waals surface area contributed by atoms with Gasteiger partial charge in [-0.15, -0.1) is 10.2 Å². The molecular formula is C23H25FN4O4. The first-order valence-electron chi connectivity index (χ1n) is 10.2. The van der Waals surface area contributed by atoms with E-state index in [9.17, 15) is 14.0 Å². The van der Waals surface area contributed by atoms with Crippen molar-refractivity contribution in [2.45, 2.75) is 39.3 Å². The summed E-state index contributed by atoms with van der Waals surface area (Å²) in [6.45, 7) is 3.90. The molecule has 0 aliphatic carbocycles. The van der Waals surface area contributed by atoms with Gasteiger partial charge in [0.15, 0.2) is 17.3 Å². The fourth-order valence-electron chi connectivity index (χ4n) is 3.00. The minimum atomic E-state index is -0.405. The van der Waals surface area contributed by atoms with Crippen LogP contribution in [-0.4, -0.2) is 34.2 Å². The second-order valence-electron chi connectivity index (χ2n) is 7.46. The van der Waals surface area contributed by atoms with Crippen molar-refractivity contribution in [1.29, 1.82) is 0 Å². The second kappa shape index (κ2) is 10.5. The van der Waals surface area contributed by atoms with Gasteiger partial charge in [-0.1, -0.05) is 12.1 Å². The number of nitrogens with one attached hydrogen (secondary N) is 2. The summed E-state index contributed by atoms with van der Waals surface area (Å²) < 4.78 is 24.5. The van der Waals surface area contributed by atoms with E-state index in [1.165, 1.54) is 19.2 Å². The largest absolute Gasteiger partial charge is 0.493 e. The van der Waals surface area contributed by atoms with Crippen molar-refractivity contribution < 1.29 is 18.7 Å². The minimum Gasteiger partial charge on any atom is -0.493 e. The highest BCUT2D eigenvalue weighted by atomic mass is 19.1. The number of rotatable bonds is 9.